The van der Waals surface area contributed by atoms with Gasteiger partial charge in [0.2, 0.25) is 0 Å². The highest BCUT2D eigenvalue weighted by molar-refractivity contribution is 7.98. The molecular formula is C16H28N2S. The van der Waals surface area contributed by atoms with Crippen molar-refractivity contribution in [1.82, 2.24) is 9.71 Å². The van der Waals surface area contributed by atoms with Gasteiger partial charge in [0.1, 0.15) is 0 Å². The lowest BCUT2D eigenvalue weighted by atomic mass is 10.0. The number of rotatable bonds is 7. The maximum Gasteiger partial charge on any atom is 0.0433 e. The lowest BCUT2D eigenvalue weighted by molar-refractivity contribution is 0.783. The van der Waals surface area contributed by atoms with E-state index in [0.717, 1.165) is 25.8 Å². The predicted octanol–water partition coefficient (Wildman–Crippen LogP) is 4.18. The Morgan fingerprint density at radius 1 is 1.21 bits per heavy atom. The van der Waals surface area contributed by atoms with E-state index in [-0.39, 0.29) is 4.75 Å². The minimum atomic E-state index is 0.275. The zero-order valence-corrected chi connectivity index (χ0v) is 13.9. The molecular weight excluding hydrogens is 252 g/mol. The summed E-state index contributed by atoms with van der Waals surface area (Å²) in [5.74, 6) is 0. The Kier molecular flexibility index (Phi) is 6.87. The normalized spacial score (nSPS) is 11.8. The van der Waals surface area contributed by atoms with Crippen molar-refractivity contribution in [2.45, 2.75) is 65.0 Å². The highest BCUT2D eigenvalue weighted by atomic mass is 32.2. The zero-order valence-electron chi connectivity index (χ0n) is 13.0. The third kappa shape index (κ3) is 6.44. The van der Waals surface area contributed by atoms with Crippen molar-refractivity contribution >= 4 is 11.9 Å². The third-order valence-corrected chi connectivity index (χ3v) is 3.83. The quantitative estimate of drug-likeness (QED) is 0.599. The van der Waals surface area contributed by atoms with Crippen LogP contribution in [0.5, 0.6) is 0 Å². The molecule has 0 atom stereocenters. The second-order valence-electron chi connectivity index (χ2n) is 5.91. The van der Waals surface area contributed by atoms with Gasteiger partial charge >= 0.3 is 0 Å². The summed E-state index contributed by atoms with van der Waals surface area (Å²) in [6, 6.07) is 2.35. The van der Waals surface area contributed by atoms with Crippen LogP contribution in [0, 0.1) is 0 Å². The lowest BCUT2D eigenvalue weighted by Crippen LogP contribution is -2.19. The second kappa shape index (κ2) is 7.91. The SMILES string of the molecule is CCCc1cc(CCNSC(C)(C)C)cnc1CC. The van der Waals surface area contributed by atoms with Crippen molar-refractivity contribution in [3.05, 3.63) is 29.1 Å². The van der Waals surface area contributed by atoms with Crippen LogP contribution in [0.3, 0.4) is 0 Å². The summed E-state index contributed by atoms with van der Waals surface area (Å²) < 4.78 is 3.72. The van der Waals surface area contributed by atoms with Crippen molar-refractivity contribution in [3.63, 3.8) is 0 Å². The van der Waals surface area contributed by atoms with Crippen LogP contribution in [-0.4, -0.2) is 16.3 Å². The average Bonchev–Trinajstić information content (AvgIpc) is 2.34. The molecule has 3 heteroatoms. The van der Waals surface area contributed by atoms with Crippen LogP contribution in [0.4, 0.5) is 0 Å². The maximum atomic E-state index is 4.61. The van der Waals surface area contributed by atoms with Gasteiger partial charge < -0.3 is 0 Å². The van der Waals surface area contributed by atoms with Crippen LogP contribution < -0.4 is 4.72 Å². The fourth-order valence-electron chi connectivity index (χ4n) is 1.99. The Morgan fingerprint density at radius 2 is 1.95 bits per heavy atom. The van der Waals surface area contributed by atoms with E-state index in [2.05, 4.69) is 50.4 Å². The molecule has 0 radical (unpaired) electrons. The number of nitrogens with one attached hydrogen (secondary N) is 1. The van der Waals surface area contributed by atoms with Crippen molar-refractivity contribution in [2.75, 3.05) is 6.54 Å². The molecule has 1 heterocycles. The highest BCUT2D eigenvalue weighted by Gasteiger charge is 2.10. The van der Waals surface area contributed by atoms with E-state index in [4.69, 9.17) is 0 Å². The van der Waals surface area contributed by atoms with Crippen LogP contribution in [0.2, 0.25) is 0 Å². The average molecular weight is 280 g/mol. The molecule has 0 fully saturated rings. The predicted molar refractivity (Wildman–Crippen MR) is 86.7 cm³/mol. The summed E-state index contributed by atoms with van der Waals surface area (Å²) >= 11 is 1.80. The molecule has 0 spiro atoms. The number of aryl methyl sites for hydroxylation is 2. The van der Waals surface area contributed by atoms with Gasteiger partial charge in [-0.25, -0.2) is 0 Å². The molecule has 0 aromatic carbocycles. The van der Waals surface area contributed by atoms with Gasteiger partial charge in [0.05, 0.1) is 0 Å². The molecule has 0 aliphatic heterocycles. The van der Waals surface area contributed by atoms with Crippen molar-refractivity contribution in [1.29, 1.82) is 0 Å². The monoisotopic (exact) mass is 280 g/mol. The first-order chi connectivity index (χ1) is 8.96. The third-order valence-electron chi connectivity index (χ3n) is 2.86. The van der Waals surface area contributed by atoms with Gasteiger partial charge in [0.15, 0.2) is 0 Å². The summed E-state index contributed by atoms with van der Waals surface area (Å²) in [5.41, 5.74) is 4.05. The molecule has 0 bridgehead atoms. The molecule has 0 aliphatic carbocycles. The Hall–Kier alpha value is -0.540. The van der Waals surface area contributed by atoms with Crippen LogP contribution in [0.25, 0.3) is 0 Å². The van der Waals surface area contributed by atoms with E-state index >= 15 is 0 Å². The van der Waals surface area contributed by atoms with E-state index in [1.165, 1.54) is 23.2 Å². The summed E-state index contributed by atoms with van der Waals surface area (Å²) in [7, 11) is 0. The molecule has 19 heavy (non-hydrogen) atoms. The standard InChI is InChI=1S/C16H28N2S/c1-6-8-14-11-13(12-17-15(14)7-2)9-10-18-19-16(3,4)5/h11-12,18H,6-10H2,1-5H3. The maximum absolute atomic E-state index is 4.61. The van der Waals surface area contributed by atoms with Crippen LogP contribution >= 0.6 is 11.9 Å². The van der Waals surface area contributed by atoms with Gasteiger partial charge in [-0.2, -0.15) is 0 Å². The lowest BCUT2D eigenvalue weighted by Gasteiger charge is -2.17. The smallest absolute Gasteiger partial charge is 0.0433 e. The Morgan fingerprint density at radius 3 is 2.53 bits per heavy atom. The first kappa shape index (κ1) is 16.5. The van der Waals surface area contributed by atoms with Crippen LogP contribution in [0.1, 0.15) is 57.9 Å². The largest absolute Gasteiger partial charge is 0.263 e. The van der Waals surface area contributed by atoms with Gasteiger partial charge in [0.25, 0.3) is 0 Å². The Balaban J connectivity index is 2.52. The van der Waals surface area contributed by atoms with Crippen molar-refractivity contribution < 1.29 is 0 Å². The Labute approximate surface area is 122 Å². The number of hydrogen-bond acceptors (Lipinski definition) is 3. The van der Waals surface area contributed by atoms with Gasteiger partial charge in [-0.05, 0) is 51.2 Å². The summed E-state index contributed by atoms with van der Waals surface area (Å²) in [4.78, 5) is 4.61. The molecule has 108 valence electrons. The fraction of sp³-hybridized carbons (Fsp3) is 0.688. The molecule has 2 nitrogen and oxygen atoms in total. The summed E-state index contributed by atoms with van der Waals surface area (Å²) in [5, 5.41) is 0. The van der Waals surface area contributed by atoms with Crippen LogP contribution in [-0.2, 0) is 19.3 Å². The topological polar surface area (TPSA) is 24.9 Å². The first-order valence-corrected chi connectivity index (χ1v) is 8.15. The fourth-order valence-corrected chi connectivity index (χ4v) is 2.63. The summed E-state index contributed by atoms with van der Waals surface area (Å²) in [6.07, 6.45) is 6.47. The Bertz CT molecular complexity index is 383. The van der Waals surface area contributed by atoms with Crippen molar-refractivity contribution in [3.8, 4) is 0 Å². The molecule has 0 aliphatic rings. The first-order valence-electron chi connectivity index (χ1n) is 7.33. The van der Waals surface area contributed by atoms with Gasteiger partial charge in [-0.15, -0.1) is 0 Å². The molecule has 1 rings (SSSR count). The van der Waals surface area contributed by atoms with Crippen molar-refractivity contribution in [2.24, 2.45) is 0 Å². The number of nitrogens with zero attached hydrogens (tertiary/aromatic N) is 1. The molecule has 0 saturated carbocycles. The molecule has 0 unspecified atom stereocenters. The summed E-state index contributed by atoms with van der Waals surface area (Å²) in [6.45, 7) is 12.1. The minimum Gasteiger partial charge on any atom is -0.263 e. The molecule has 1 aromatic rings. The highest BCUT2D eigenvalue weighted by Crippen LogP contribution is 2.19. The van der Waals surface area contributed by atoms with Crippen LogP contribution in [0.15, 0.2) is 12.3 Å². The van der Waals surface area contributed by atoms with Gasteiger partial charge in [0, 0.05) is 23.2 Å². The van der Waals surface area contributed by atoms with E-state index in [1.807, 2.05) is 6.20 Å². The second-order valence-corrected chi connectivity index (χ2v) is 7.63. The zero-order chi connectivity index (χ0) is 14.3. The van der Waals surface area contributed by atoms with Gasteiger partial charge in [-0.1, -0.05) is 38.3 Å². The molecule has 0 amide bonds. The number of hydrogen-bond donors (Lipinski definition) is 1. The number of aromatic nitrogens is 1. The van der Waals surface area contributed by atoms with Gasteiger partial charge in [-0.3, -0.25) is 9.71 Å². The minimum absolute atomic E-state index is 0.275. The molecule has 1 aromatic heterocycles. The number of pyridine rings is 1. The van der Waals surface area contributed by atoms with E-state index in [9.17, 15) is 0 Å². The molecule has 1 N–H and O–H groups in total. The van der Waals surface area contributed by atoms with E-state index in [1.54, 1.807) is 11.9 Å². The van der Waals surface area contributed by atoms with E-state index in [0.29, 0.717) is 0 Å². The van der Waals surface area contributed by atoms with E-state index < -0.39 is 0 Å². The molecule has 0 saturated heterocycles.